The van der Waals surface area contributed by atoms with E-state index < -0.39 is 46.0 Å². The van der Waals surface area contributed by atoms with Crippen molar-refractivity contribution in [2.75, 3.05) is 10.7 Å². The number of aliphatic hydroxyl groups excluding tert-OH is 4. The van der Waals surface area contributed by atoms with Gasteiger partial charge in [-0.25, -0.2) is 0 Å². The zero-order valence-corrected chi connectivity index (χ0v) is 38.7. The Morgan fingerprint density at radius 2 is 0.375 bits per heavy atom. The maximum Gasteiger partial charge on any atom is 4.00 e. The summed E-state index contributed by atoms with van der Waals surface area (Å²) >= 11 is 19.1. The second-order valence-corrected chi connectivity index (χ2v) is 12.0. The van der Waals surface area contributed by atoms with E-state index in [4.69, 9.17) is 66.8 Å². The molecular weight excluding hydrogens is 886 g/mol. The molecule has 0 spiro atoms. The predicted octanol–water partition coefficient (Wildman–Crippen LogP) is 3.72. The Morgan fingerprint density at radius 1 is 0.321 bits per heavy atom. The number of aliphatic hydroxyl groups is 4. The summed E-state index contributed by atoms with van der Waals surface area (Å²) in [6.07, 6.45) is -0.667. The van der Waals surface area contributed by atoms with Crippen LogP contribution in [0, 0.1) is 0 Å². The summed E-state index contributed by atoms with van der Waals surface area (Å²) in [6.45, 7) is 13.8. The standard InChI is InChI=1S/4C6H6O2.4C3H8O.2CH2Cl2.2Ti/c4*7-5-3-1-2-4-6(5)8;4*1-3(2)4;2*2-1-3;;/h4*1-4,7-8H;4*3-4H,1-2H3;2*1H2;;/q;;;;;;;;;;2*+4/p-8. The first-order valence-electron chi connectivity index (χ1n) is 15.7. The quantitative estimate of drug-likeness (QED) is 0.145. The molecule has 0 saturated heterocycles. The summed E-state index contributed by atoms with van der Waals surface area (Å²) in [5.74, 6) is -3.50. The fraction of sp³-hybridized carbons (Fsp3) is 0.368. The summed E-state index contributed by atoms with van der Waals surface area (Å²) in [4.78, 5) is 0. The molecule has 0 unspecified atom stereocenters. The van der Waals surface area contributed by atoms with E-state index in [2.05, 4.69) is 0 Å². The van der Waals surface area contributed by atoms with E-state index >= 15 is 0 Å². The zero-order valence-electron chi connectivity index (χ0n) is 32.5. The third-order valence-corrected chi connectivity index (χ3v) is 3.40. The van der Waals surface area contributed by atoms with Gasteiger partial charge in [0.05, 0.1) is 10.7 Å². The number of benzene rings is 4. The summed E-state index contributed by atoms with van der Waals surface area (Å²) in [7, 11) is 0. The van der Waals surface area contributed by atoms with Gasteiger partial charge in [-0.1, -0.05) is 97.1 Å². The molecule has 0 atom stereocenters. The second kappa shape index (κ2) is 52.7. The molecule has 0 aliphatic rings. The molecule has 12 nitrogen and oxygen atoms in total. The largest absolute Gasteiger partial charge is 4.00 e. The molecule has 56 heavy (non-hydrogen) atoms. The van der Waals surface area contributed by atoms with Crippen molar-refractivity contribution in [2.45, 2.75) is 79.8 Å². The molecular formula is C38H52Cl4O12Ti2. The fourth-order valence-corrected chi connectivity index (χ4v) is 1.80. The molecule has 4 aromatic rings. The van der Waals surface area contributed by atoms with Crippen molar-refractivity contribution in [2.24, 2.45) is 0 Å². The Bertz CT molecular complexity index is 1050. The van der Waals surface area contributed by atoms with Crippen LogP contribution in [0.2, 0.25) is 0 Å². The molecule has 0 radical (unpaired) electrons. The SMILES string of the molecule is CC(C)O.CC(C)O.CC(C)O.CC(C)O.ClCCl.ClCCl.[O-]c1ccccc1[O-].[O-]c1ccccc1[O-].[O-]c1ccccc1[O-].[O-]c1ccccc1[O-].[Ti+4].[Ti+4]. The van der Waals surface area contributed by atoms with Crippen molar-refractivity contribution in [1.82, 2.24) is 0 Å². The molecule has 4 N–H and O–H groups in total. The van der Waals surface area contributed by atoms with E-state index in [0.29, 0.717) is 0 Å². The minimum atomic E-state index is -0.437. The number of alkyl halides is 4. The van der Waals surface area contributed by atoms with Crippen molar-refractivity contribution >= 4 is 46.4 Å². The van der Waals surface area contributed by atoms with Crippen LogP contribution in [0.5, 0.6) is 46.0 Å². The Morgan fingerprint density at radius 3 is 0.411 bits per heavy atom. The molecule has 4 rings (SSSR count). The van der Waals surface area contributed by atoms with Crippen LogP contribution in [-0.2, 0) is 43.4 Å². The number of rotatable bonds is 0. The van der Waals surface area contributed by atoms with Gasteiger partial charge >= 0.3 is 43.4 Å². The van der Waals surface area contributed by atoms with Crippen molar-refractivity contribution in [3.8, 4) is 46.0 Å². The van der Waals surface area contributed by atoms with Crippen LogP contribution in [0.3, 0.4) is 0 Å². The molecule has 0 bridgehead atoms. The Hall–Kier alpha value is -2.29. The molecule has 0 amide bonds. The minimum absolute atomic E-state index is 0. The number of halogens is 4. The average Bonchev–Trinajstić information content (AvgIpc) is 3.04. The van der Waals surface area contributed by atoms with Gasteiger partial charge in [-0.3, -0.25) is 0 Å². The fourth-order valence-electron chi connectivity index (χ4n) is 1.80. The summed E-state index contributed by atoms with van der Waals surface area (Å²) in [5.41, 5.74) is 0. The molecule has 312 valence electrons. The molecule has 0 heterocycles. The Balaban J connectivity index is -0.0000000778. The van der Waals surface area contributed by atoms with Gasteiger partial charge in [0.1, 0.15) is 0 Å². The second-order valence-electron chi connectivity index (χ2n) is 10.4. The van der Waals surface area contributed by atoms with Gasteiger partial charge in [0, 0.05) is 24.4 Å². The normalized spacial score (nSPS) is 8.36. The Labute approximate surface area is 382 Å². The topological polar surface area (TPSA) is 265 Å². The van der Waals surface area contributed by atoms with Crippen LogP contribution in [0.4, 0.5) is 0 Å². The Kier molecular flexibility index (Phi) is 67.2. The van der Waals surface area contributed by atoms with Gasteiger partial charge in [0.2, 0.25) is 0 Å². The molecule has 0 saturated carbocycles. The van der Waals surface area contributed by atoms with Crippen LogP contribution < -0.4 is 40.9 Å². The smallest absolute Gasteiger partial charge is 0.873 e. The van der Waals surface area contributed by atoms with Crippen molar-refractivity contribution in [3.63, 3.8) is 0 Å². The summed E-state index contributed by atoms with van der Waals surface area (Å²) in [6, 6.07) is 22.4. The van der Waals surface area contributed by atoms with Gasteiger partial charge in [-0.05, 0) is 55.4 Å². The summed E-state index contributed by atoms with van der Waals surface area (Å²) < 4.78 is 0. The number of para-hydroxylation sites is 8. The molecule has 0 fully saturated rings. The van der Waals surface area contributed by atoms with E-state index in [1.165, 1.54) is 48.5 Å². The average molecular weight is 938 g/mol. The van der Waals surface area contributed by atoms with Crippen LogP contribution in [0.15, 0.2) is 97.1 Å². The molecule has 18 heteroatoms. The van der Waals surface area contributed by atoms with E-state index in [1.807, 2.05) is 0 Å². The monoisotopic (exact) mass is 936 g/mol. The van der Waals surface area contributed by atoms with Crippen LogP contribution in [0.25, 0.3) is 0 Å². The van der Waals surface area contributed by atoms with Gasteiger partial charge in [-0.15, -0.1) is 92.4 Å². The van der Waals surface area contributed by atoms with E-state index in [-0.39, 0.29) is 78.5 Å². The summed E-state index contributed by atoms with van der Waals surface area (Å²) in [5, 5.41) is 115. The number of hydrogen-bond donors (Lipinski definition) is 4. The van der Waals surface area contributed by atoms with Gasteiger partial charge < -0.3 is 61.3 Å². The maximum absolute atomic E-state index is 10.3. The molecule has 0 aliphatic carbocycles. The third kappa shape index (κ3) is 76.4. The van der Waals surface area contributed by atoms with E-state index in [1.54, 1.807) is 104 Å². The molecule has 4 aromatic carbocycles. The first kappa shape index (κ1) is 71.4. The minimum Gasteiger partial charge on any atom is -0.873 e. The van der Waals surface area contributed by atoms with Crippen molar-refractivity contribution < 1.29 is 105 Å². The van der Waals surface area contributed by atoms with Gasteiger partial charge in [0.15, 0.2) is 0 Å². The third-order valence-electron chi connectivity index (χ3n) is 3.40. The number of hydrogen-bond acceptors (Lipinski definition) is 12. The molecule has 0 aliphatic heterocycles. The molecule has 0 aromatic heterocycles. The zero-order chi connectivity index (χ0) is 43.7. The van der Waals surface area contributed by atoms with E-state index in [9.17, 15) is 40.9 Å². The first-order valence-corrected chi connectivity index (χ1v) is 17.8. The van der Waals surface area contributed by atoms with Crippen LogP contribution in [0.1, 0.15) is 55.4 Å². The first-order chi connectivity index (χ1) is 25.0. The van der Waals surface area contributed by atoms with Gasteiger partial charge in [-0.2, -0.15) is 0 Å². The van der Waals surface area contributed by atoms with Crippen molar-refractivity contribution in [1.29, 1.82) is 0 Å². The van der Waals surface area contributed by atoms with Crippen LogP contribution >= 0.6 is 46.4 Å². The van der Waals surface area contributed by atoms with Crippen molar-refractivity contribution in [3.05, 3.63) is 97.1 Å². The predicted molar refractivity (Wildman–Crippen MR) is 204 cm³/mol. The van der Waals surface area contributed by atoms with Gasteiger partial charge in [0.25, 0.3) is 0 Å². The maximum atomic E-state index is 10.3. The van der Waals surface area contributed by atoms with E-state index in [0.717, 1.165) is 0 Å². The van der Waals surface area contributed by atoms with Crippen LogP contribution in [-0.4, -0.2) is 55.5 Å².